The van der Waals surface area contributed by atoms with Crippen LogP contribution >= 0.6 is 0 Å². The van der Waals surface area contributed by atoms with E-state index in [2.05, 4.69) is 24.2 Å². The van der Waals surface area contributed by atoms with Crippen LogP contribution in [0.3, 0.4) is 0 Å². The molecule has 2 unspecified atom stereocenters. The Hall–Kier alpha value is -0.930. The van der Waals surface area contributed by atoms with Gasteiger partial charge in [0.2, 0.25) is 0 Å². The highest BCUT2D eigenvalue weighted by molar-refractivity contribution is 5.20. The smallest absolute Gasteiger partial charge is 0.127 e. The molecule has 1 N–H and O–H groups in total. The molecule has 1 aromatic rings. The van der Waals surface area contributed by atoms with Crippen molar-refractivity contribution in [3.63, 3.8) is 0 Å². The zero-order chi connectivity index (χ0) is 13.4. The third kappa shape index (κ3) is 2.54. The van der Waals surface area contributed by atoms with Gasteiger partial charge in [-0.3, -0.25) is 0 Å². The van der Waals surface area contributed by atoms with Crippen LogP contribution in [0.1, 0.15) is 44.2 Å². The molecule has 0 aromatic heterocycles. The lowest BCUT2D eigenvalue weighted by Gasteiger charge is -2.38. The number of hydrogen-bond acceptors (Lipinski definition) is 2. The maximum absolute atomic E-state index is 13.8. The van der Waals surface area contributed by atoms with Crippen molar-refractivity contribution in [1.82, 2.24) is 10.2 Å². The van der Waals surface area contributed by atoms with Crippen LogP contribution in [0, 0.1) is 5.82 Å². The van der Waals surface area contributed by atoms with Crippen molar-refractivity contribution >= 4 is 0 Å². The molecule has 2 bridgehead atoms. The van der Waals surface area contributed by atoms with Crippen molar-refractivity contribution in [3.05, 3.63) is 35.6 Å². The Morgan fingerprint density at radius 2 is 1.84 bits per heavy atom. The number of nitrogens with zero attached hydrogens (tertiary/aromatic N) is 1. The maximum Gasteiger partial charge on any atom is 0.127 e. The average molecular weight is 262 g/mol. The van der Waals surface area contributed by atoms with Crippen molar-refractivity contribution in [3.8, 4) is 0 Å². The first-order chi connectivity index (χ1) is 9.15. The van der Waals surface area contributed by atoms with Crippen LogP contribution in [0.25, 0.3) is 0 Å². The van der Waals surface area contributed by atoms with E-state index >= 15 is 0 Å². The van der Waals surface area contributed by atoms with Gasteiger partial charge in [0, 0.05) is 29.7 Å². The van der Waals surface area contributed by atoms with E-state index in [1.165, 1.54) is 25.7 Å². The van der Waals surface area contributed by atoms with Crippen molar-refractivity contribution in [1.29, 1.82) is 0 Å². The molecule has 3 atom stereocenters. The summed E-state index contributed by atoms with van der Waals surface area (Å²) in [5.41, 5.74) is 0.786. The molecule has 2 fully saturated rings. The zero-order valence-corrected chi connectivity index (χ0v) is 11.8. The number of hydrogen-bond donors (Lipinski definition) is 1. The van der Waals surface area contributed by atoms with Crippen LogP contribution in [0.5, 0.6) is 0 Å². The minimum absolute atomic E-state index is 0.0917. The highest BCUT2D eigenvalue weighted by atomic mass is 19.1. The summed E-state index contributed by atoms with van der Waals surface area (Å²) in [5.74, 6) is -0.0987. The van der Waals surface area contributed by atoms with E-state index in [4.69, 9.17) is 0 Å². The van der Waals surface area contributed by atoms with Gasteiger partial charge in [-0.1, -0.05) is 18.2 Å². The molecule has 3 heteroatoms. The van der Waals surface area contributed by atoms with Gasteiger partial charge in [0.05, 0.1) is 0 Å². The summed E-state index contributed by atoms with van der Waals surface area (Å²) in [7, 11) is 2.25. The van der Waals surface area contributed by atoms with Crippen LogP contribution in [0.4, 0.5) is 4.39 Å². The lowest BCUT2D eigenvalue weighted by atomic mass is 9.96. The average Bonchev–Trinajstić information content (AvgIpc) is 2.63. The maximum atomic E-state index is 13.8. The third-order valence-corrected chi connectivity index (χ3v) is 4.96. The Bertz CT molecular complexity index is 434. The number of halogens is 1. The topological polar surface area (TPSA) is 15.3 Å². The standard InChI is InChI=1S/C16H23FN2/c1-11(15-5-3-4-6-16(15)17)18-12-9-13-7-8-14(10-12)19(13)2/h3-6,11-14,18H,7-10H2,1-2H3/t11-,12?,13?,14?/m1/s1. The molecular weight excluding hydrogens is 239 g/mol. The van der Waals surface area contributed by atoms with Gasteiger partial charge in [0.1, 0.15) is 5.82 Å². The molecule has 0 aliphatic carbocycles. The molecule has 104 valence electrons. The van der Waals surface area contributed by atoms with Gasteiger partial charge < -0.3 is 10.2 Å². The summed E-state index contributed by atoms with van der Waals surface area (Å²) in [6, 6.07) is 9.17. The molecule has 0 saturated carbocycles. The number of nitrogens with one attached hydrogen (secondary N) is 1. The van der Waals surface area contributed by atoms with Gasteiger partial charge in [-0.25, -0.2) is 4.39 Å². The van der Waals surface area contributed by atoms with E-state index in [0.29, 0.717) is 6.04 Å². The summed E-state index contributed by atoms with van der Waals surface area (Å²) in [5, 5.41) is 3.63. The van der Waals surface area contributed by atoms with Crippen molar-refractivity contribution < 1.29 is 4.39 Å². The molecular formula is C16H23FN2. The van der Waals surface area contributed by atoms with E-state index in [0.717, 1.165) is 17.6 Å². The fourth-order valence-electron chi connectivity index (χ4n) is 3.82. The Labute approximate surface area is 115 Å². The SMILES string of the molecule is C[C@@H](NC1CC2CCC(C1)N2C)c1ccccc1F. The Kier molecular flexibility index (Phi) is 3.59. The van der Waals surface area contributed by atoms with Gasteiger partial charge in [-0.2, -0.15) is 0 Å². The molecule has 2 saturated heterocycles. The first-order valence-corrected chi connectivity index (χ1v) is 7.37. The fourth-order valence-corrected chi connectivity index (χ4v) is 3.82. The highest BCUT2D eigenvalue weighted by Crippen LogP contribution is 2.35. The van der Waals surface area contributed by atoms with E-state index in [-0.39, 0.29) is 11.9 Å². The van der Waals surface area contributed by atoms with E-state index < -0.39 is 0 Å². The minimum Gasteiger partial charge on any atom is -0.307 e. The van der Waals surface area contributed by atoms with Gasteiger partial charge >= 0.3 is 0 Å². The summed E-state index contributed by atoms with van der Waals surface area (Å²) >= 11 is 0. The van der Waals surface area contributed by atoms with Gasteiger partial charge in [0.25, 0.3) is 0 Å². The highest BCUT2D eigenvalue weighted by Gasteiger charge is 2.38. The van der Waals surface area contributed by atoms with Crippen LogP contribution in [-0.2, 0) is 0 Å². The zero-order valence-electron chi connectivity index (χ0n) is 11.8. The first kappa shape index (κ1) is 13.1. The number of benzene rings is 1. The molecule has 2 aliphatic rings. The lowest BCUT2D eigenvalue weighted by molar-refractivity contribution is 0.144. The largest absolute Gasteiger partial charge is 0.307 e. The van der Waals surface area contributed by atoms with Crippen LogP contribution in [0.2, 0.25) is 0 Å². The minimum atomic E-state index is -0.0987. The first-order valence-electron chi connectivity index (χ1n) is 7.37. The van der Waals surface area contributed by atoms with Crippen molar-refractivity contribution in [2.75, 3.05) is 7.05 Å². The molecule has 1 aromatic carbocycles. The summed E-state index contributed by atoms with van der Waals surface area (Å²) in [4.78, 5) is 2.53. The number of rotatable bonds is 3. The summed E-state index contributed by atoms with van der Waals surface area (Å²) in [6.45, 7) is 2.07. The van der Waals surface area contributed by atoms with Gasteiger partial charge in [0.15, 0.2) is 0 Å². The summed E-state index contributed by atoms with van der Waals surface area (Å²) < 4.78 is 13.8. The predicted octanol–water partition coefficient (Wildman–Crippen LogP) is 3.10. The van der Waals surface area contributed by atoms with Gasteiger partial charge in [-0.15, -0.1) is 0 Å². The van der Waals surface area contributed by atoms with Crippen LogP contribution in [0.15, 0.2) is 24.3 Å². The Morgan fingerprint density at radius 3 is 2.47 bits per heavy atom. The summed E-state index contributed by atoms with van der Waals surface area (Å²) in [6.07, 6.45) is 5.05. The van der Waals surface area contributed by atoms with E-state index in [1.54, 1.807) is 12.1 Å². The second-order valence-corrected chi connectivity index (χ2v) is 6.13. The molecule has 19 heavy (non-hydrogen) atoms. The second kappa shape index (κ2) is 5.22. The molecule has 0 amide bonds. The molecule has 2 heterocycles. The van der Waals surface area contributed by atoms with E-state index in [9.17, 15) is 4.39 Å². The third-order valence-electron chi connectivity index (χ3n) is 4.96. The number of fused-ring (bicyclic) bond motifs is 2. The molecule has 0 radical (unpaired) electrons. The molecule has 0 spiro atoms. The Balaban J connectivity index is 1.65. The lowest BCUT2D eigenvalue weighted by Crippen LogP contribution is -2.47. The molecule has 2 aliphatic heterocycles. The number of piperidine rings is 1. The quantitative estimate of drug-likeness (QED) is 0.900. The van der Waals surface area contributed by atoms with Gasteiger partial charge in [-0.05, 0) is 45.7 Å². The molecule has 3 rings (SSSR count). The second-order valence-electron chi connectivity index (χ2n) is 6.13. The fraction of sp³-hybridized carbons (Fsp3) is 0.625. The van der Waals surface area contributed by atoms with Crippen molar-refractivity contribution in [2.24, 2.45) is 0 Å². The van der Waals surface area contributed by atoms with Crippen molar-refractivity contribution in [2.45, 2.75) is 56.8 Å². The monoisotopic (exact) mass is 262 g/mol. The van der Waals surface area contributed by atoms with Crippen LogP contribution < -0.4 is 5.32 Å². The predicted molar refractivity (Wildman–Crippen MR) is 75.5 cm³/mol. The van der Waals surface area contributed by atoms with Crippen LogP contribution in [-0.4, -0.2) is 30.1 Å². The molecule has 2 nitrogen and oxygen atoms in total. The van der Waals surface area contributed by atoms with E-state index in [1.807, 2.05) is 12.1 Å². The Morgan fingerprint density at radius 1 is 1.21 bits per heavy atom. The normalized spacial score (nSPS) is 32.5.